The molecular formula is C13H20NO4P. The Morgan fingerprint density at radius 2 is 2.05 bits per heavy atom. The van der Waals surface area contributed by atoms with E-state index in [1.165, 1.54) is 7.11 Å². The maximum atomic E-state index is 12.1. The molecule has 0 radical (unpaired) electrons. The highest BCUT2D eigenvalue weighted by molar-refractivity contribution is 7.58. The van der Waals surface area contributed by atoms with Crippen molar-refractivity contribution in [2.75, 3.05) is 13.3 Å². The molecule has 0 bridgehead atoms. The summed E-state index contributed by atoms with van der Waals surface area (Å²) in [4.78, 5) is 20.9. The first kappa shape index (κ1) is 15.9. The van der Waals surface area contributed by atoms with E-state index in [9.17, 15) is 14.3 Å². The first-order valence-electron chi connectivity index (χ1n) is 6.13. The van der Waals surface area contributed by atoms with E-state index >= 15 is 0 Å². The van der Waals surface area contributed by atoms with Gasteiger partial charge in [0.15, 0.2) is 0 Å². The Hall–Kier alpha value is -1.16. The highest BCUT2D eigenvalue weighted by atomic mass is 31.2. The fourth-order valence-corrected chi connectivity index (χ4v) is 3.11. The van der Waals surface area contributed by atoms with E-state index in [0.29, 0.717) is 6.42 Å². The summed E-state index contributed by atoms with van der Waals surface area (Å²) in [6.45, 7) is 0. The standard InChI is InChI=1S/C13H20NO4P/c1-18-13(15)8-7-12(14)19(16,17)10-9-11-5-3-2-4-6-11/h2-6,12H,7-10,14H2,1H3,(H,16,17). The monoisotopic (exact) mass is 285 g/mol. The predicted molar refractivity (Wildman–Crippen MR) is 74.1 cm³/mol. The van der Waals surface area contributed by atoms with Crippen molar-refractivity contribution in [3.63, 3.8) is 0 Å². The third-order valence-corrected chi connectivity index (χ3v) is 5.11. The Kier molecular flexibility index (Phi) is 6.22. The van der Waals surface area contributed by atoms with Crippen LogP contribution in [0.4, 0.5) is 0 Å². The number of rotatable bonds is 7. The van der Waals surface area contributed by atoms with E-state index in [1.54, 1.807) is 0 Å². The first-order valence-corrected chi connectivity index (χ1v) is 8.05. The van der Waals surface area contributed by atoms with Crippen LogP contribution in [-0.4, -0.2) is 29.9 Å². The van der Waals surface area contributed by atoms with Gasteiger partial charge in [0.05, 0.1) is 12.9 Å². The first-order chi connectivity index (χ1) is 8.95. The third kappa shape index (κ3) is 5.55. The van der Waals surface area contributed by atoms with Gasteiger partial charge in [-0.15, -0.1) is 0 Å². The third-order valence-electron chi connectivity index (χ3n) is 2.95. The van der Waals surface area contributed by atoms with Gasteiger partial charge in [-0.2, -0.15) is 0 Å². The van der Waals surface area contributed by atoms with Gasteiger partial charge < -0.3 is 15.4 Å². The molecule has 2 unspecified atom stereocenters. The van der Waals surface area contributed by atoms with Crippen molar-refractivity contribution in [3.05, 3.63) is 35.9 Å². The number of methoxy groups -OCH3 is 1. The minimum absolute atomic E-state index is 0.0630. The Balaban J connectivity index is 2.46. The lowest BCUT2D eigenvalue weighted by molar-refractivity contribution is -0.140. The van der Waals surface area contributed by atoms with Crippen LogP contribution in [0.2, 0.25) is 0 Å². The quantitative estimate of drug-likeness (QED) is 0.588. The van der Waals surface area contributed by atoms with E-state index < -0.39 is 19.1 Å². The van der Waals surface area contributed by atoms with Crippen LogP contribution in [0.1, 0.15) is 18.4 Å². The van der Waals surface area contributed by atoms with Crippen molar-refractivity contribution in [1.82, 2.24) is 0 Å². The summed E-state index contributed by atoms with van der Waals surface area (Å²) < 4.78 is 16.5. The summed E-state index contributed by atoms with van der Waals surface area (Å²) >= 11 is 0. The summed E-state index contributed by atoms with van der Waals surface area (Å²) in [5, 5.41) is 0. The van der Waals surface area contributed by atoms with E-state index in [-0.39, 0.29) is 19.0 Å². The second-order valence-corrected chi connectivity index (χ2v) is 7.02. The molecule has 0 spiro atoms. The molecule has 6 heteroatoms. The maximum Gasteiger partial charge on any atom is 0.305 e. The Bertz CT molecular complexity index is 449. The van der Waals surface area contributed by atoms with Crippen molar-refractivity contribution in [2.24, 2.45) is 5.73 Å². The number of benzene rings is 1. The highest BCUT2D eigenvalue weighted by Gasteiger charge is 2.27. The molecule has 0 aromatic heterocycles. The lowest BCUT2D eigenvalue weighted by Gasteiger charge is -2.18. The van der Waals surface area contributed by atoms with Crippen LogP contribution in [-0.2, 0) is 20.5 Å². The van der Waals surface area contributed by atoms with Gasteiger partial charge in [0.2, 0.25) is 7.37 Å². The molecule has 0 heterocycles. The van der Waals surface area contributed by atoms with Crippen molar-refractivity contribution in [1.29, 1.82) is 0 Å². The van der Waals surface area contributed by atoms with Crippen LogP contribution in [0, 0.1) is 0 Å². The topological polar surface area (TPSA) is 89.6 Å². The van der Waals surface area contributed by atoms with Crippen LogP contribution >= 0.6 is 7.37 Å². The lowest BCUT2D eigenvalue weighted by atomic mass is 10.2. The maximum absolute atomic E-state index is 12.1. The summed E-state index contributed by atoms with van der Waals surface area (Å²) in [5.41, 5.74) is 6.69. The number of ether oxygens (including phenoxy) is 1. The van der Waals surface area contributed by atoms with Crippen LogP contribution in [0.3, 0.4) is 0 Å². The zero-order valence-corrected chi connectivity index (χ0v) is 11.9. The van der Waals surface area contributed by atoms with Crippen molar-refractivity contribution in [2.45, 2.75) is 25.0 Å². The highest BCUT2D eigenvalue weighted by Crippen LogP contribution is 2.45. The summed E-state index contributed by atoms with van der Waals surface area (Å²) in [7, 11) is -2.17. The molecule has 5 nitrogen and oxygen atoms in total. The van der Waals surface area contributed by atoms with Crippen molar-refractivity contribution >= 4 is 13.3 Å². The molecule has 0 amide bonds. The zero-order valence-electron chi connectivity index (χ0n) is 11.0. The predicted octanol–water partition coefficient (Wildman–Crippen LogP) is 1.74. The molecule has 0 aliphatic rings. The smallest absolute Gasteiger partial charge is 0.305 e. The molecule has 1 aromatic rings. The number of esters is 1. The zero-order chi connectivity index (χ0) is 14.3. The number of carbonyl (C=O) groups is 1. The summed E-state index contributed by atoms with van der Waals surface area (Å²) in [6, 6.07) is 9.47. The molecule has 106 valence electrons. The number of hydrogen-bond donors (Lipinski definition) is 2. The van der Waals surface area contributed by atoms with Crippen molar-refractivity contribution < 1.29 is 19.0 Å². The fourth-order valence-electron chi connectivity index (χ4n) is 1.67. The minimum Gasteiger partial charge on any atom is -0.469 e. The normalized spacial score (nSPS) is 15.5. The largest absolute Gasteiger partial charge is 0.469 e. The molecule has 0 aliphatic heterocycles. The Morgan fingerprint density at radius 1 is 1.42 bits per heavy atom. The molecule has 3 N–H and O–H groups in total. The molecule has 1 aromatic carbocycles. The Morgan fingerprint density at radius 3 is 2.63 bits per heavy atom. The minimum atomic E-state index is -3.45. The number of aryl methyl sites for hydroxylation is 1. The average molecular weight is 285 g/mol. The van der Waals surface area contributed by atoms with Gasteiger partial charge in [-0.3, -0.25) is 9.36 Å². The Labute approximate surface area is 113 Å². The molecule has 0 saturated heterocycles. The summed E-state index contributed by atoms with van der Waals surface area (Å²) in [6.07, 6.45) is 0.850. The number of carbonyl (C=O) groups excluding carboxylic acids is 1. The van der Waals surface area contributed by atoms with Gasteiger partial charge in [-0.05, 0) is 18.4 Å². The van der Waals surface area contributed by atoms with E-state index in [1.807, 2.05) is 30.3 Å². The molecular weight excluding hydrogens is 265 g/mol. The van der Waals surface area contributed by atoms with Crippen molar-refractivity contribution in [3.8, 4) is 0 Å². The lowest BCUT2D eigenvalue weighted by Crippen LogP contribution is -2.23. The van der Waals surface area contributed by atoms with E-state index in [2.05, 4.69) is 4.74 Å². The molecule has 2 atom stereocenters. The number of nitrogens with two attached hydrogens (primary N) is 1. The average Bonchev–Trinajstić information content (AvgIpc) is 2.43. The van der Waals surface area contributed by atoms with Crippen LogP contribution < -0.4 is 5.73 Å². The van der Waals surface area contributed by atoms with Gasteiger partial charge in [0.25, 0.3) is 0 Å². The van der Waals surface area contributed by atoms with Crippen LogP contribution in [0.5, 0.6) is 0 Å². The SMILES string of the molecule is COC(=O)CCC(N)P(=O)(O)CCc1ccccc1. The fraction of sp³-hybridized carbons (Fsp3) is 0.462. The van der Waals surface area contributed by atoms with Gasteiger partial charge in [0, 0.05) is 12.6 Å². The van der Waals surface area contributed by atoms with Gasteiger partial charge in [-0.1, -0.05) is 30.3 Å². The van der Waals surface area contributed by atoms with E-state index in [0.717, 1.165) is 5.56 Å². The molecule has 1 rings (SSSR count). The molecule has 19 heavy (non-hydrogen) atoms. The molecule has 0 fully saturated rings. The van der Waals surface area contributed by atoms with E-state index in [4.69, 9.17) is 5.73 Å². The van der Waals surface area contributed by atoms with Crippen LogP contribution in [0.15, 0.2) is 30.3 Å². The van der Waals surface area contributed by atoms with Crippen LogP contribution in [0.25, 0.3) is 0 Å². The van der Waals surface area contributed by atoms with Gasteiger partial charge >= 0.3 is 5.97 Å². The second-order valence-electron chi connectivity index (χ2n) is 4.40. The second kappa shape index (κ2) is 7.43. The summed E-state index contributed by atoms with van der Waals surface area (Å²) in [5.74, 6) is -1.30. The van der Waals surface area contributed by atoms with Gasteiger partial charge in [0.1, 0.15) is 0 Å². The van der Waals surface area contributed by atoms with Gasteiger partial charge in [-0.25, -0.2) is 0 Å². The molecule has 0 saturated carbocycles. The molecule has 0 aliphatic carbocycles. The number of hydrogen-bond acceptors (Lipinski definition) is 4.